The van der Waals surface area contributed by atoms with Crippen LogP contribution in [-0.4, -0.2) is 31.4 Å². The van der Waals surface area contributed by atoms with E-state index >= 15 is 0 Å². The Balaban J connectivity index is 1.89. The zero-order valence-corrected chi connectivity index (χ0v) is 11.1. The molecule has 19 heavy (non-hydrogen) atoms. The van der Waals surface area contributed by atoms with Crippen LogP contribution < -0.4 is 5.32 Å². The topological polar surface area (TPSA) is 79.4 Å². The number of aromatic nitrogens is 5. The number of fused-ring (bicyclic) bond motifs is 1. The lowest BCUT2D eigenvalue weighted by Gasteiger charge is -2.07. The van der Waals surface area contributed by atoms with Crippen molar-refractivity contribution >= 4 is 28.6 Å². The molecule has 0 aromatic carbocycles. The van der Waals surface area contributed by atoms with Crippen molar-refractivity contribution in [3.63, 3.8) is 0 Å². The summed E-state index contributed by atoms with van der Waals surface area (Å²) in [5.74, 6) is 0.772. The molecule has 0 aliphatic carbocycles. The Morgan fingerprint density at radius 1 is 1.32 bits per heavy atom. The number of pyridine rings is 1. The highest BCUT2D eigenvalue weighted by molar-refractivity contribution is 7.98. The zero-order chi connectivity index (χ0) is 13.1. The van der Waals surface area contributed by atoms with E-state index in [9.17, 15) is 0 Å². The number of nitrogens with zero attached hydrogens (tertiary/aromatic N) is 4. The molecule has 0 unspecified atom stereocenters. The fourth-order valence-electron chi connectivity index (χ4n) is 1.72. The Morgan fingerprint density at radius 2 is 2.26 bits per heavy atom. The normalized spacial score (nSPS) is 10.8. The number of aromatic amines is 1. The van der Waals surface area contributed by atoms with Crippen molar-refractivity contribution in [2.75, 3.05) is 11.6 Å². The van der Waals surface area contributed by atoms with E-state index in [1.807, 2.05) is 24.5 Å². The molecule has 7 heteroatoms. The largest absolute Gasteiger partial charge is 0.364 e. The highest BCUT2D eigenvalue weighted by Crippen LogP contribution is 2.21. The molecule has 3 heterocycles. The number of hydrogen-bond acceptors (Lipinski definition) is 6. The molecular weight excluding hydrogens is 260 g/mol. The summed E-state index contributed by atoms with van der Waals surface area (Å²) in [7, 11) is 0. The lowest BCUT2D eigenvalue weighted by Crippen LogP contribution is -2.04. The minimum Gasteiger partial charge on any atom is -0.364 e. The van der Waals surface area contributed by atoms with Crippen LogP contribution in [0.5, 0.6) is 0 Å². The highest BCUT2D eigenvalue weighted by atomic mass is 32.2. The highest BCUT2D eigenvalue weighted by Gasteiger charge is 2.08. The molecule has 0 radical (unpaired) electrons. The van der Waals surface area contributed by atoms with Gasteiger partial charge in [-0.1, -0.05) is 17.8 Å². The molecule has 3 aromatic rings. The summed E-state index contributed by atoms with van der Waals surface area (Å²) in [6.07, 6.45) is 5.44. The maximum absolute atomic E-state index is 4.46. The third-order valence-electron chi connectivity index (χ3n) is 2.63. The first kappa shape index (κ1) is 11.9. The van der Waals surface area contributed by atoms with E-state index in [0.29, 0.717) is 11.7 Å². The first-order valence-corrected chi connectivity index (χ1v) is 6.98. The quantitative estimate of drug-likeness (QED) is 0.559. The molecule has 0 spiro atoms. The maximum Gasteiger partial charge on any atom is 0.191 e. The van der Waals surface area contributed by atoms with Crippen LogP contribution in [0.15, 0.2) is 35.7 Å². The third-order valence-corrected chi connectivity index (χ3v) is 3.18. The Kier molecular flexibility index (Phi) is 3.28. The van der Waals surface area contributed by atoms with E-state index in [1.54, 1.807) is 12.4 Å². The Bertz CT molecular complexity index is 681. The predicted octanol–water partition coefficient (Wildman–Crippen LogP) is 2.08. The third kappa shape index (κ3) is 2.50. The molecule has 3 aromatic heterocycles. The molecule has 0 saturated heterocycles. The molecule has 96 valence electrons. The monoisotopic (exact) mass is 272 g/mol. The summed E-state index contributed by atoms with van der Waals surface area (Å²) in [5, 5.41) is 11.7. The van der Waals surface area contributed by atoms with E-state index in [2.05, 4.69) is 30.5 Å². The second-order valence-corrected chi connectivity index (χ2v) is 4.64. The Hall–Kier alpha value is -2.15. The van der Waals surface area contributed by atoms with Crippen LogP contribution in [0.4, 0.5) is 5.82 Å². The van der Waals surface area contributed by atoms with Gasteiger partial charge in [0.25, 0.3) is 0 Å². The van der Waals surface area contributed by atoms with E-state index in [-0.39, 0.29) is 0 Å². The molecule has 0 saturated carbocycles. The molecule has 0 amide bonds. The van der Waals surface area contributed by atoms with Crippen molar-refractivity contribution in [2.45, 2.75) is 11.7 Å². The smallest absolute Gasteiger partial charge is 0.191 e. The number of H-pyrrole nitrogens is 1. The average molecular weight is 272 g/mol. The molecule has 3 rings (SSSR count). The van der Waals surface area contributed by atoms with Gasteiger partial charge in [0.05, 0.1) is 23.8 Å². The number of thioether (sulfide) groups is 1. The number of nitrogens with one attached hydrogen (secondary N) is 2. The fraction of sp³-hybridized carbons (Fsp3) is 0.167. The van der Waals surface area contributed by atoms with Gasteiger partial charge in [-0.3, -0.25) is 10.1 Å². The average Bonchev–Trinajstić information content (AvgIpc) is 2.94. The maximum atomic E-state index is 4.46. The van der Waals surface area contributed by atoms with Crippen LogP contribution in [-0.2, 0) is 6.54 Å². The lowest BCUT2D eigenvalue weighted by atomic mass is 10.3. The van der Waals surface area contributed by atoms with Crippen molar-refractivity contribution in [1.29, 1.82) is 0 Å². The van der Waals surface area contributed by atoms with E-state index < -0.39 is 0 Å². The zero-order valence-electron chi connectivity index (χ0n) is 10.3. The van der Waals surface area contributed by atoms with Gasteiger partial charge in [0.2, 0.25) is 0 Å². The number of rotatable bonds is 4. The van der Waals surface area contributed by atoms with E-state index in [0.717, 1.165) is 22.5 Å². The van der Waals surface area contributed by atoms with E-state index in [4.69, 9.17) is 0 Å². The van der Waals surface area contributed by atoms with Crippen molar-refractivity contribution in [1.82, 2.24) is 25.1 Å². The molecule has 6 nitrogen and oxygen atoms in total. The molecule has 0 bridgehead atoms. The molecule has 0 aliphatic rings. The van der Waals surface area contributed by atoms with Crippen LogP contribution in [0.25, 0.3) is 11.0 Å². The summed E-state index contributed by atoms with van der Waals surface area (Å²) in [6.45, 7) is 0.617. The van der Waals surface area contributed by atoms with Gasteiger partial charge < -0.3 is 5.32 Å². The first-order valence-electron chi connectivity index (χ1n) is 5.75. The van der Waals surface area contributed by atoms with Crippen molar-refractivity contribution in [2.24, 2.45) is 0 Å². The van der Waals surface area contributed by atoms with Gasteiger partial charge in [-0.2, -0.15) is 5.10 Å². The first-order chi connectivity index (χ1) is 9.36. The van der Waals surface area contributed by atoms with Crippen molar-refractivity contribution < 1.29 is 0 Å². The lowest BCUT2D eigenvalue weighted by molar-refractivity contribution is 0.961. The predicted molar refractivity (Wildman–Crippen MR) is 75.0 cm³/mol. The van der Waals surface area contributed by atoms with Gasteiger partial charge in [0.15, 0.2) is 10.8 Å². The summed E-state index contributed by atoms with van der Waals surface area (Å²) >= 11 is 1.50. The minimum atomic E-state index is 0.617. The van der Waals surface area contributed by atoms with Crippen LogP contribution in [0.3, 0.4) is 0 Å². The SMILES string of the molecule is CSc1nc(NCc2ccccn2)c2cn[nH]c2n1. The standard InChI is InChI=1S/C12H12N6S/c1-19-12-16-10(9-7-15-18-11(9)17-12)14-6-8-4-2-3-5-13-8/h2-5,7H,6H2,1H3,(H2,14,15,16,17,18). The number of anilines is 1. The Labute approximate surface area is 114 Å². The van der Waals surface area contributed by atoms with Crippen molar-refractivity contribution in [3.8, 4) is 0 Å². The molecule has 2 N–H and O–H groups in total. The van der Waals surface area contributed by atoms with Gasteiger partial charge in [-0.25, -0.2) is 9.97 Å². The summed E-state index contributed by atoms with van der Waals surface area (Å²) < 4.78 is 0. The Morgan fingerprint density at radius 3 is 3.05 bits per heavy atom. The second-order valence-electron chi connectivity index (χ2n) is 3.87. The van der Waals surface area contributed by atoms with Gasteiger partial charge in [0, 0.05) is 6.20 Å². The summed E-state index contributed by atoms with van der Waals surface area (Å²) in [4.78, 5) is 13.1. The number of hydrogen-bond donors (Lipinski definition) is 2. The fourth-order valence-corrected chi connectivity index (χ4v) is 2.08. The summed E-state index contributed by atoms with van der Waals surface area (Å²) in [6, 6.07) is 5.83. The molecular formula is C12H12N6S. The molecule has 0 atom stereocenters. The minimum absolute atomic E-state index is 0.617. The van der Waals surface area contributed by atoms with Crippen LogP contribution >= 0.6 is 11.8 Å². The van der Waals surface area contributed by atoms with Gasteiger partial charge in [-0.15, -0.1) is 0 Å². The summed E-state index contributed by atoms with van der Waals surface area (Å²) in [5.41, 5.74) is 1.70. The van der Waals surface area contributed by atoms with Gasteiger partial charge >= 0.3 is 0 Å². The molecule has 0 aliphatic heterocycles. The van der Waals surface area contributed by atoms with Crippen LogP contribution in [0.1, 0.15) is 5.69 Å². The van der Waals surface area contributed by atoms with Crippen LogP contribution in [0, 0.1) is 0 Å². The van der Waals surface area contributed by atoms with Crippen LogP contribution in [0.2, 0.25) is 0 Å². The molecule has 0 fully saturated rings. The van der Waals surface area contributed by atoms with Gasteiger partial charge in [0.1, 0.15) is 5.82 Å². The second kappa shape index (κ2) is 5.23. The van der Waals surface area contributed by atoms with Gasteiger partial charge in [-0.05, 0) is 18.4 Å². The van der Waals surface area contributed by atoms with E-state index in [1.165, 1.54) is 11.8 Å². The van der Waals surface area contributed by atoms with Crippen molar-refractivity contribution in [3.05, 3.63) is 36.3 Å².